The van der Waals surface area contributed by atoms with Crippen molar-refractivity contribution in [3.05, 3.63) is 115 Å². The van der Waals surface area contributed by atoms with Gasteiger partial charge in [0.1, 0.15) is 24.0 Å². The maximum absolute atomic E-state index is 13.9. The number of likely N-dealkylation sites (N-methyl/N-ethyl adjacent to an activating group) is 2. The molecule has 5 aromatic heterocycles. The van der Waals surface area contributed by atoms with Crippen molar-refractivity contribution in [2.75, 3.05) is 80.2 Å². The van der Waals surface area contributed by atoms with Gasteiger partial charge in [-0.15, -0.1) is 0 Å². The predicted molar refractivity (Wildman–Crippen MR) is 264 cm³/mol. The van der Waals surface area contributed by atoms with Crippen LogP contribution in [0.25, 0.3) is 27.8 Å². The summed E-state index contributed by atoms with van der Waals surface area (Å²) in [5, 5.41) is 15.6. The minimum absolute atomic E-state index is 0.0940. The number of nitrogens with one attached hydrogen (secondary N) is 3. The fraction of sp³-hybridized carbons (Fsp3) is 0.340. The molecule has 17 heteroatoms. The van der Waals surface area contributed by atoms with E-state index in [0.29, 0.717) is 36.2 Å². The third-order valence-electron chi connectivity index (χ3n) is 12.1. The third-order valence-corrected chi connectivity index (χ3v) is 12.1. The number of methoxy groups -OCH3 is 1. The van der Waals surface area contributed by atoms with Gasteiger partial charge in [-0.05, 0) is 69.6 Å². The number of carbonyl (C=O) groups is 2. The minimum atomic E-state index is -0.490. The van der Waals surface area contributed by atoms with E-state index in [1.807, 2.05) is 92.5 Å². The Morgan fingerprint density at radius 1 is 0.970 bits per heavy atom. The van der Waals surface area contributed by atoms with Crippen molar-refractivity contribution < 1.29 is 19.1 Å². The number of carbonyl (C=O) groups excluding carboxylic acids is 2. The molecule has 0 unspecified atom stereocenters. The van der Waals surface area contributed by atoms with E-state index >= 15 is 0 Å². The number of para-hydroxylation sites is 1. The van der Waals surface area contributed by atoms with Gasteiger partial charge in [0, 0.05) is 111 Å². The first kappa shape index (κ1) is 46.0. The van der Waals surface area contributed by atoms with Crippen LogP contribution in [0.15, 0.2) is 104 Å². The van der Waals surface area contributed by atoms with Gasteiger partial charge >= 0.3 is 5.97 Å². The average molecular weight is 906 g/mol. The third kappa shape index (κ3) is 10.6. The fourth-order valence-corrected chi connectivity index (χ4v) is 8.38. The van der Waals surface area contributed by atoms with Crippen LogP contribution in [0.1, 0.15) is 43.7 Å². The molecule has 1 fully saturated rings. The smallest absolute Gasteiger partial charge is 0.308 e. The molecular weight excluding hydrogens is 847 g/mol. The lowest BCUT2D eigenvalue weighted by molar-refractivity contribution is -0.143. The number of rotatable bonds is 19. The molecule has 3 N–H and O–H groups in total. The number of aryl methyl sites for hydroxylation is 2. The van der Waals surface area contributed by atoms with Crippen LogP contribution in [-0.2, 0) is 34.3 Å². The summed E-state index contributed by atoms with van der Waals surface area (Å²) >= 11 is 0. The number of ether oxygens (including phenoxy) is 2. The molecule has 7 aromatic rings. The van der Waals surface area contributed by atoms with Crippen molar-refractivity contribution in [1.29, 1.82) is 0 Å². The number of nitrogens with zero attached hydrogens (tertiary/aromatic N) is 10. The molecular formula is C50H59N13O4. The lowest BCUT2D eigenvalue weighted by Gasteiger charge is -2.36. The van der Waals surface area contributed by atoms with Crippen molar-refractivity contribution in [3.63, 3.8) is 0 Å². The molecule has 8 rings (SSSR count). The van der Waals surface area contributed by atoms with E-state index in [1.54, 1.807) is 25.6 Å². The highest BCUT2D eigenvalue weighted by Crippen LogP contribution is 2.39. The van der Waals surface area contributed by atoms with E-state index in [1.165, 1.54) is 0 Å². The number of pyridine rings is 1. The van der Waals surface area contributed by atoms with Gasteiger partial charge in [0.05, 0.1) is 42.5 Å². The van der Waals surface area contributed by atoms with Gasteiger partial charge in [-0.1, -0.05) is 37.8 Å². The molecule has 17 nitrogen and oxygen atoms in total. The summed E-state index contributed by atoms with van der Waals surface area (Å²) in [4.78, 5) is 52.5. The summed E-state index contributed by atoms with van der Waals surface area (Å²) in [6.45, 7) is 8.56. The van der Waals surface area contributed by atoms with Crippen molar-refractivity contribution in [2.45, 2.75) is 51.6 Å². The molecule has 6 heterocycles. The van der Waals surface area contributed by atoms with Crippen molar-refractivity contribution in [1.82, 2.24) is 39.0 Å². The van der Waals surface area contributed by atoms with Crippen LogP contribution in [0.2, 0.25) is 0 Å². The standard InChI is InChI=1S/C50H59N13O4/c1-8-35-30-54-63-45(53-29-34-14-13-19-51-28-34)27-46(58-48(35)63)62-21-12-11-15-36(62)24-47(64)67-32-33(2)49(65)55-40-25-41(44(66-7)26-43(40)60(5)23-22-59(3)4)57-50-52-20-18-39(56-50)38-31-61(6)42-17-10-9-16-37(38)42/h9-10,13-14,16-20,25-28,30-31,36,53H,2,8,11-12,15,21-24,29,32H2,1,3-7H3,(H,55,65)(H,52,56,57)/t36-/m0/s1. The summed E-state index contributed by atoms with van der Waals surface area (Å²) in [6, 6.07) is 19.5. The Bertz CT molecular complexity index is 2880. The van der Waals surface area contributed by atoms with Crippen LogP contribution >= 0.6 is 0 Å². The number of anilines is 6. The maximum atomic E-state index is 13.9. The predicted octanol–water partition coefficient (Wildman–Crippen LogP) is 7.48. The number of benzene rings is 2. The summed E-state index contributed by atoms with van der Waals surface area (Å²) in [5.41, 5.74) is 7.50. The van der Waals surface area contributed by atoms with E-state index in [0.717, 1.165) is 95.0 Å². The molecule has 0 spiro atoms. The van der Waals surface area contributed by atoms with Gasteiger partial charge in [-0.2, -0.15) is 9.61 Å². The molecule has 1 saturated heterocycles. The number of amides is 1. The zero-order valence-corrected chi connectivity index (χ0v) is 39.1. The second kappa shape index (κ2) is 20.8. The van der Waals surface area contributed by atoms with E-state index in [-0.39, 0.29) is 24.6 Å². The molecule has 1 atom stereocenters. The van der Waals surface area contributed by atoms with E-state index < -0.39 is 11.9 Å². The van der Waals surface area contributed by atoms with Crippen LogP contribution in [-0.4, -0.2) is 111 Å². The number of piperidine rings is 1. The van der Waals surface area contributed by atoms with Crippen molar-refractivity contribution >= 4 is 63.1 Å². The van der Waals surface area contributed by atoms with Crippen LogP contribution in [0.3, 0.4) is 0 Å². The Balaban J connectivity index is 0.965. The van der Waals surface area contributed by atoms with E-state index in [2.05, 4.69) is 77.2 Å². The number of hydrogen-bond donors (Lipinski definition) is 3. The SMILES string of the molecule is C=C(COC(=O)C[C@@H]1CCCCN1c1cc(NCc2cccnc2)n2ncc(CC)c2n1)C(=O)Nc1cc(Nc2nccc(-c3cn(C)c4ccccc34)n2)c(OC)cc1N(C)CCN(C)C. The van der Waals surface area contributed by atoms with E-state index in [9.17, 15) is 9.59 Å². The first-order valence-corrected chi connectivity index (χ1v) is 22.6. The Kier molecular flexibility index (Phi) is 14.3. The van der Waals surface area contributed by atoms with Crippen LogP contribution < -0.4 is 30.5 Å². The summed E-state index contributed by atoms with van der Waals surface area (Å²) in [6.07, 6.45) is 12.8. The highest BCUT2D eigenvalue weighted by molar-refractivity contribution is 6.06. The van der Waals surface area contributed by atoms with Gasteiger partial charge in [-0.3, -0.25) is 14.6 Å². The zero-order valence-electron chi connectivity index (χ0n) is 39.1. The summed E-state index contributed by atoms with van der Waals surface area (Å²) in [5.74, 6) is 1.52. The Hall–Kier alpha value is -7.53. The number of hydrogen-bond acceptors (Lipinski definition) is 14. The van der Waals surface area contributed by atoms with Crippen molar-refractivity contribution in [2.24, 2.45) is 7.05 Å². The first-order chi connectivity index (χ1) is 32.5. The molecule has 0 saturated carbocycles. The molecule has 2 aromatic carbocycles. The van der Waals surface area contributed by atoms with E-state index in [4.69, 9.17) is 19.4 Å². The van der Waals surface area contributed by atoms with Gasteiger partial charge in [0.15, 0.2) is 5.65 Å². The van der Waals surface area contributed by atoms with Crippen LogP contribution in [0, 0.1) is 0 Å². The summed E-state index contributed by atoms with van der Waals surface area (Å²) in [7, 11) is 9.57. The number of fused-ring (bicyclic) bond motifs is 2. The lowest BCUT2D eigenvalue weighted by Crippen LogP contribution is -2.42. The second-order valence-electron chi connectivity index (χ2n) is 17.1. The van der Waals surface area contributed by atoms with Gasteiger partial charge < -0.3 is 44.7 Å². The molecule has 0 aliphatic carbocycles. The van der Waals surface area contributed by atoms with Gasteiger partial charge in [0.2, 0.25) is 5.95 Å². The highest BCUT2D eigenvalue weighted by atomic mass is 16.5. The van der Waals surface area contributed by atoms with Crippen LogP contribution in [0.5, 0.6) is 5.75 Å². The van der Waals surface area contributed by atoms with Gasteiger partial charge in [0.25, 0.3) is 5.91 Å². The normalized spacial score (nSPS) is 13.8. The second-order valence-corrected chi connectivity index (χ2v) is 17.1. The quantitative estimate of drug-likeness (QED) is 0.0539. The first-order valence-electron chi connectivity index (χ1n) is 22.6. The number of esters is 1. The lowest BCUT2D eigenvalue weighted by atomic mass is 9.99. The average Bonchev–Trinajstić information content (AvgIpc) is 3.92. The molecule has 348 valence electrons. The summed E-state index contributed by atoms with van der Waals surface area (Å²) < 4.78 is 15.6. The minimum Gasteiger partial charge on any atom is -0.494 e. The molecule has 1 aliphatic rings. The molecule has 0 bridgehead atoms. The molecule has 67 heavy (non-hydrogen) atoms. The molecule has 0 radical (unpaired) electrons. The Morgan fingerprint density at radius 2 is 1.82 bits per heavy atom. The zero-order chi connectivity index (χ0) is 47.0. The fourth-order valence-electron chi connectivity index (χ4n) is 8.38. The Morgan fingerprint density at radius 3 is 2.61 bits per heavy atom. The largest absolute Gasteiger partial charge is 0.494 e. The monoisotopic (exact) mass is 905 g/mol. The molecule has 1 amide bonds. The Labute approximate surface area is 390 Å². The molecule has 1 aliphatic heterocycles. The maximum Gasteiger partial charge on any atom is 0.308 e. The van der Waals surface area contributed by atoms with Gasteiger partial charge in [-0.25, -0.2) is 15.0 Å². The van der Waals surface area contributed by atoms with Crippen molar-refractivity contribution in [3.8, 4) is 17.0 Å². The highest BCUT2D eigenvalue weighted by Gasteiger charge is 2.28. The van der Waals surface area contributed by atoms with Crippen LogP contribution in [0.4, 0.5) is 34.6 Å². The topological polar surface area (TPSA) is 172 Å². The number of aromatic nitrogens is 7.